The number of anilines is 2. The molecular weight excluding hydrogens is 324 g/mol. The zero-order valence-corrected chi connectivity index (χ0v) is 14.5. The summed E-state index contributed by atoms with van der Waals surface area (Å²) in [6.07, 6.45) is 0. The fourth-order valence-corrected chi connectivity index (χ4v) is 3.07. The second-order valence-corrected chi connectivity index (χ2v) is 6.38. The standard InChI is InChI=1S/C17H18N4O2S/c1-21(2)12-9-7-11(8-10-12)16(22)19-20-17-18-15-13(23-3)5-4-6-14(15)24-17/h4-10H,1-3H3,(H,18,20)(H,19,22). The number of fused-ring (bicyclic) bond motifs is 1. The van der Waals surface area contributed by atoms with Gasteiger partial charge in [0.15, 0.2) is 0 Å². The van der Waals surface area contributed by atoms with E-state index in [0.717, 1.165) is 15.9 Å². The van der Waals surface area contributed by atoms with Crippen LogP contribution in [0.3, 0.4) is 0 Å². The first-order valence-electron chi connectivity index (χ1n) is 7.36. The lowest BCUT2D eigenvalue weighted by molar-refractivity contribution is 0.0962. The highest BCUT2D eigenvalue weighted by Gasteiger charge is 2.10. The number of benzene rings is 2. The minimum Gasteiger partial charge on any atom is -0.494 e. The third-order valence-electron chi connectivity index (χ3n) is 3.53. The molecule has 3 rings (SSSR count). The van der Waals surface area contributed by atoms with E-state index < -0.39 is 0 Å². The van der Waals surface area contributed by atoms with E-state index in [9.17, 15) is 4.79 Å². The van der Waals surface area contributed by atoms with Crippen LogP contribution in [0.25, 0.3) is 10.2 Å². The summed E-state index contributed by atoms with van der Waals surface area (Å²) in [4.78, 5) is 18.6. The number of hydrogen-bond donors (Lipinski definition) is 2. The zero-order valence-electron chi connectivity index (χ0n) is 13.7. The van der Waals surface area contributed by atoms with E-state index in [1.165, 1.54) is 11.3 Å². The summed E-state index contributed by atoms with van der Waals surface area (Å²) >= 11 is 1.45. The number of para-hydroxylation sites is 1. The number of hydrazine groups is 1. The Hall–Kier alpha value is -2.80. The number of methoxy groups -OCH3 is 1. The Kier molecular flexibility index (Phi) is 4.52. The molecule has 0 fully saturated rings. The number of thiazole rings is 1. The number of amides is 1. The van der Waals surface area contributed by atoms with E-state index in [2.05, 4.69) is 15.8 Å². The molecule has 0 aliphatic rings. The summed E-state index contributed by atoms with van der Waals surface area (Å²) in [7, 11) is 5.52. The van der Waals surface area contributed by atoms with Gasteiger partial charge in [-0.25, -0.2) is 4.98 Å². The Balaban J connectivity index is 1.70. The minimum absolute atomic E-state index is 0.216. The molecule has 6 nitrogen and oxygen atoms in total. The third kappa shape index (κ3) is 3.26. The van der Waals surface area contributed by atoms with Crippen molar-refractivity contribution in [3.05, 3.63) is 48.0 Å². The molecule has 124 valence electrons. The molecule has 1 heterocycles. The van der Waals surface area contributed by atoms with Gasteiger partial charge < -0.3 is 9.64 Å². The predicted molar refractivity (Wildman–Crippen MR) is 98.0 cm³/mol. The largest absolute Gasteiger partial charge is 0.494 e. The summed E-state index contributed by atoms with van der Waals surface area (Å²) in [5.41, 5.74) is 7.92. The van der Waals surface area contributed by atoms with Crippen molar-refractivity contribution in [2.24, 2.45) is 0 Å². The lowest BCUT2D eigenvalue weighted by Crippen LogP contribution is -2.29. The third-order valence-corrected chi connectivity index (χ3v) is 4.47. The van der Waals surface area contributed by atoms with Gasteiger partial charge in [-0.15, -0.1) is 0 Å². The molecule has 0 saturated heterocycles. The second-order valence-electron chi connectivity index (χ2n) is 5.35. The topological polar surface area (TPSA) is 66.5 Å². The SMILES string of the molecule is COc1cccc2sc(NNC(=O)c3ccc(N(C)C)cc3)nc12. The Morgan fingerprint density at radius 1 is 1.17 bits per heavy atom. The molecule has 0 radical (unpaired) electrons. The summed E-state index contributed by atoms with van der Waals surface area (Å²) in [5, 5.41) is 0.604. The molecular formula is C17H18N4O2S. The molecule has 1 aromatic heterocycles. The Labute approximate surface area is 144 Å². The highest BCUT2D eigenvalue weighted by molar-refractivity contribution is 7.22. The van der Waals surface area contributed by atoms with Crippen molar-refractivity contribution in [2.45, 2.75) is 0 Å². The van der Waals surface area contributed by atoms with Gasteiger partial charge in [0, 0.05) is 25.3 Å². The zero-order chi connectivity index (χ0) is 17.1. The lowest BCUT2D eigenvalue weighted by atomic mass is 10.2. The Morgan fingerprint density at radius 2 is 1.92 bits per heavy atom. The van der Waals surface area contributed by atoms with E-state index in [1.54, 1.807) is 19.2 Å². The number of ether oxygens (including phenoxy) is 1. The molecule has 0 saturated carbocycles. The first-order chi connectivity index (χ1) is 11.6. The van der Waals surface area contributed by atoms with E-state index in [4.69, 9.17) is 4.74 Å². The van der Waals surface area contributed by atoms with Crippen LogP contribution < -0.4 is 20.5 Å². The van der Waals surface area contributed by atoms with Crippen molar-refractivity contribution in [3.8, 4) is 5.75 Å². The highest BCUT2D eigenvalue weighted by atomic mass is 32.1. The normalized spacial score (nSPS) is 10.5. The van der Waals surface area contributed by atoms with E-state index in [1.807, 2.05) is 49.3 Å². The number of nitrogens with one attached hydrogen (secondary N) is 2. The van der Waals surface area contributed by atoms with Gasteiger partial charge in [0.2, 0.25) is 5.13 Å². The predicted octanol–water partition coefficient (Wildman–Crippen LogP) is 3.13. The summed E-state index contributed by atoms with van der Waals surface area (Å²) < 4.78 is 6.28. The monoisotopic (exact) mass is 342 g/mol. The van der Waals surface area contributed by atoms with Crippen LogP contribution in [0.5, 0.6) is 5.75 Å². The highest BCUT2D eigenvalue weighted by Crippen LogP contribution is 2.31. The number of carbonyl (C=O) groups excluding carboxylic acids is 1. The van der Waals surface area contributed by atoms with Crippen LogP contribution in [0.15, 0.2) is 42.5 Å². The summed E-state index contributed by atoms with van der Waals surface area (Å²) in [6, 6.07) is 13.1. The molecule has 3 aromatic rings. The molecule has 2 N–H and O–H groups in total. The van der Waals surface area contributed by atoms with E-state index >= 15 is 0 Å². The maximum atomic E-state index is 12.2. The van der Waals surface area contributed by atoms with Gasteiger partial charge in [0.05, 0.1) is 11.8 Å². The molecule has 0 unspecified atom stereocenters. The molecule has 0 aliphatic carbocycles. The van der Waals surface area contributed by atoms with Crippen molar-refractivity contribution in [1.82, 2.24) is 10.4 Å². The van der Waals surface area contributed by atoms with E-state index in [-0.39, 0.29) is 5.91 Å². The van der Waals surface area contributed by atoms with Crippen LogP contribution in [0.1, 0.15) is 10.4 Å². The maximum Gasteiger partial charge on any atom is 0.269 e. The molecule has 1 amide bonds. The van der Waals surface area contributed by atoms with Crippen molar-refractivity contribution in [2.75, 3.05) is 31.5 Å². The van der Waals surface area contributed by atoms with Gasteiger partial charge >= 0.3 is 0 Å². The van der Waals surface area contributed by atoms with Gasteiger partial charge in [-0.05, 0) is 36.4 Å². The fourth-order valence-electron chi connectivity index (χ4n) is 2.23. The molecule has 2 aromatic carbocycles. The van der Waals surface area contributed by atoms with Gasteiger partial charge in [0.1, 0.15) is 11.3 Å². The first-order valence-corrected chi connectivity index (χ1v) is 8.17. The van der Waals surface area contributed by atoms with Crippen LogP contribution in [-0.2, 0) is 0 Å². The average Bonchev–Trinajstić information content (AvgIpc) is 3.02. The average molecular weight is 342 g/mol. The fraction of sp³-hybridized carbons (Fsp3) is 0.176. The lowest BCUT2D eigenvalue weighted by Gasteiger charge is -2.12. The molecule has 0 bridgehead atoms. The first kappa shape index (κ1) is 16.1. The van der Waals surface area contributed by atoms with Crippen molar-refractivity contribution in [3.63, 3.8) is 0 Å². The van der Waals surface area contributed by atoms with Gasteiger partial charge in [-0.3, -0.25) is 15.6 Å². The van der Waals surface area contributed by atoms with Crippen LogP contribution in [0.2, 0.25) is 0 Å². The van der Waals surface area contributed by atoms with Crippen LogP contribution in [0.4, 0.5) is 10.8 Å². The molecule has 7 heteroatoms. The van der Waals surface area contributed by atoms with Crippen LogP contribution in [0, 0.1) is 0 Å². The Bertz CT molecular complexity index is 859. The van der Waals surface area contributed by atoms with E-state index in [0.29, 0.717) is 16.4 Å². The number of rotatable bonds is 5. The molecule has 0 spiro atoms. The number of carbonyl (C=O) groups is 1. The number of aromatic nitrogens is 1. The smallest absolute Gasteiger partial charge is 0.269 e. The minimum atomic E-state index is -0.216. The van der Waals surface area contributed by atoms with Crippen LogP contribution >= 0.6 is 11.3 Å². The van der Waals surface area contributed by atoms with Gasteiger partial charge in [-0.1, -0.05) is 17.4 Å². The van der Waals surface area contributed by atoms with Crippen molar-refractivity contribution < 1.29 is 9.53 Å². The number of hydrogen-bond acceptors (Lipinski definition) is 6. The second kappa shape index (κ2) is 6.76. The van der Waals surface area contributed by atoms with Gasteiger partial charge in [-0.2, -0.15) is 0 Å². The molecule has 0 aliphatic heterocycles. The summed E-state index contributed by atoms with van der Waals surface area (Å²) in [6.45, 7) is 0. The van der Waals surface area contributed by atoms with Gasteiger partial charge in [0.25, 0.3) is 5.91 Å². The van der Waals surface area contributed by atoms with Crippen LogP contribution in [-0.4, -0.2) is 32.1 Å². The quantitative estimate of drug-likeness (QED) is 0.698. The maximum absolute atomic E-state index is 12.2. The number of nitrogens with zero attached hydrogens (tertiary/aromatic N) is 2. The van der Waals surface area contributed by atoms with Crippen molar-refractivity contribution >= 4 is 38.3 Å². The summed E-state index contributed by atoms with van der Waals surface area (Å²) in [5.74, 6) is 0.494. The molecule has 0 atom stereocenters. The molecule has 24 heavy (non-hydrogen) atoms. The van der Waals surface area contributed by atoms with Crippen molar-refractivity contribution in [1.29, 1.82) is 0 Å². The Morgan fingerprint density at radius 3 is 2.58 bits per heavy atom.